The fourth-order valence-corrected chi connectivity index (χ4v) is 0.246. The van der Waals surface area contributed by atoms with Gasteiger partial charge in [-0.25, -0.2) is 0 Å². The Morgan fingerprint density at radius 1 is 1.38 bits per heavy atom. The van der Waals surface area contributed by atoms with Crippen molar-refractivity contribution < 1.29 is 26.6 Å². The quantitative estimate of drug-likeness (QED) is 0.339. The van der Waals surface area contributed by atoms with Crippen LogP contribution in [-0.2, 0) is 26.6 Å². The van der Waals surface area contributed by atoms with E-state index in [9.17, 15) is 4.79 Å². The first-order valence-corrected chi connectivity index (χ1v) is 3.76. The molecule has 0 rings (SSSR count). The maximum atomic E-state index is 9.36. The maximum Gasteiger partial charge on any atom is 2.00 e. The molecule has 0 saturated heterocycles. The average Bonchev–Trinajstić information content (AvgIpc) is 1.97. The van der Waals surface area contributed by atoms with E-state index in [0.29, 0.717) is 6.54 Å². The molecular weight excluding hydrogens is 209 g/mol. The van der Waals surface area contributed by atoms with Crippen molar-refractivity contribution in [3.8, 4) is 0 Å². The first kappa shape index (κ1) is 18.5. The van der Waals surface area contributed by atoms with Crippen LogP contribution < -0.4 is 5.73 Å². The predicted octanol–water partition coefficient (Wildman–Crippen LogP) is 1.20. The molecule has 2 N–H and O–H groups in total. The van der Waals surface area contributed by atoms with Crippen LogP contribution >= 0.6 is 0 Å². The normalized spacial score (nSPS) is 8.69. The molecule has 0 unspecified atom stereocenters. The number of hydrogen-bond donors (Lipinski definition) is 1. The molecule has 0 saturated carbocycles. The van der Waals surface area contributed by atoms with Crippen LogP contribution in [0.15, 0.2) is 12.2 Å². The van der Waals surface area contributed by atoms with Gasteiger partial charge < -0.3 is 21.2 Å². The fraction of sp³-hybridized carbons (Fsp3) is 0.556. The molecule has 13 heavy (non-hydrogen) atoms. The molecule has 0 bridgehead atoms. The van der Waals surface area contributed by atoms with Gasteiger partial charge in [-0.3, -0.25) is 0 Å². The zero-order valence-corrected chi connectivity index (χ0v) is 9.52. The summed E-state index contributed by atoms with van der Waals surface area (Å²) >= 11 is 0. The predicted molar refractivity (Wildman–Crippen MR) is 50.1 cm³/mol. The second-order valence-electron chi connectivity index (χ2n) is 2.60. The molecule has 3 nitrogen and oxygen atoms in total. The summed E-state index contributed by atoms with van der Waals surface area (Å²) in [6.45, 7) is 8.27. The summed E-state index contributed by atoms with van der Waals surface area (Å²) in [7, 11) is 0. The average molecular weight is 226 g/mol. The summed E-state index contributed by atoms with van der Waals surface area (Å²) in [5, 5.41) is 0. The van der Waals surface area contributed by atoms with E-state index in [-0.39, 0.29) is 23.7 Å². The molecule has 0 aliphatic heterocycles. The van der Waals surface area contributed by atoms with Crippen LogP contribution in [0.1, 0.15) is 20.8 Å². The van der Waals surface area contributed by atoms with E-state index < -0.39 is 0 Å². The standard InChI is InChI=1S/C5H8NO2.C4H9.Mn/c6-3-1-2-4-8-5-7;1-4(2)3;/h1-2H,3-4,6H2;1-3H3;/q2*-1;+2/b2-1+;;. The number of ether oxygens (including phenoxy) is 1. The van der Waals surface area contributed by atoms with Gasteiger partial charge in [0.2, 0.25) is 0 Å². The van der Waals surface area contributed by atoms with Crippen molar-refractivity contribution in [3.63, 3.8) is 0 Å². The Morgan fingerprint density at radius 2 is 1.85 bits per heavy atom. The number of nitrogens with two attached hydrogens (primary N) is 1. The van der Waals surface area contributed by atoms with E-state index in [0.717, 1.165) is 0 Å². The van der Waals surface area contributed by atoms with Gasteiger partial charge in [0, 0.05) is 6.54 Å². The van der Waals surface area contributed by atoms with Crippen molar-refractivity contribution in [2.45, 2.75) is 20.8 Å². The van der Waals surface area contributed by atoms with E-state index in [1.165, 1.54) is 12.4 Å². The summed E-state index contributed by atoms with van der Waals surface area (Å²) in [4.78, 5) is 9.36. The minimum Gasteiger partial charge on any atom is -0.650 e. The zero-order valence-electron chi connectivity index (χ0n) is 8.34. The molecule has 77 valence electrons. The minimum atomic E-state index is 0. The van der Waals surface area contributed by atoms with E-state index in [1.807, 2.05) is 0 Å². The smallest absolute Gasteiger partial charge is 0.650 e. The second-order valence-corrected chi connectivity index (χ2v) is 2.60. The van der Waals surface area contributed by atoms with Gasteiger partial charge >= 0.3 is 17.1 Å². The van der Waals surface area contributed by atoms with Crippen LogP contribution in [0, 0.1) is 5.92 Å². The molecule has 0 aliphatic carbocycles. The van der Waals surface area contributed by atoms with Crippen molar-refractivity contribution in [3.05, 3.63) is 18.1 Å². The van der Waals surface area contributed by atoms with E-state index >= 15 is 0 Å². The molecule has 1 radical (unpaired) electrons. The Hall–Kier alpha value is -0.311. The Kier molecular flexibility index (Phi) is 25.1. The third-order valence-corrected chi connectivity index (χ3v) is 0.541. The fourth-order valence-electron chi connectivity index (χ4n) is 0.246. The van der Waals surface area contributed by atoms with Crippen LogP contribution in [0.3, 0.4) is 0 Å². The third-order valence-electron chi connectivity index (χ3n) is 0.541. The van der Waals surface area contributed by atoms with Gasteiger partial charge in [0.15, 0.2) is 0 Å². The largest absolute Gasteiger partial charge is 2.00 e. The molecule has 0 spiro atoms. The van der Waals surface area contributed by atoms with Gasteiger partial charge in [0.05, 0.1) is 6.61 Å². The Morgan fingerprint density at radius 3 is 2.15 bits per heavy atom. The van der Waals surface area contributed by atoms with E-state index in [4.69, 9.17) is 5.73 Å². The minimum absolute atomic E-state index is 0. The van der Waals surface area contributed by atoms with Crippen molar-refractivity contribution in [1.82, 2.24) is 0 Å². The summed E-state index contributed by atoms with van der Waals surface area (Å²) in [6, 6.07) is 0. The van der Waals surface area contributed by atoms with Gasteiger partial charge in [-0.15, -0.1) is 0 Å². The van der Waals surface area contributed by atoms with Crippen LogP contribution in [0.25, 0.3) is 0 Å². The Balaban J connectivity index is -0.000000173. The molecule has 0 atom stereocenters. The molecule has 0 heterocycles. The molecule has 0 aromatic carbocycles. The monoisotopic (exact) mass is 226 g/mol. The van der Waals surface area contributed by atoms with Crippen LogP contribution in [0.5, 0.6) is 0 Å². The van der Waals surface area contributed by atoms with Gasteiger partial charge in [-0.2, -0.15) is 20.8 Å². The Bertz CT molecular complexity index is 113. The number of rotatable bonds is 4. The summed E-state index contributed by atoms with van der Waals surface area (Å²) in [5.41, 5.74) is 5.07. The van der Waals surface area contributed by atoms with E-state index in [2.05, 4.69) is 25.5 Å². The third kappa shape index (κ3) is 49.9. The molecule has 4 heteroatoms. The van der Waals surface area contributed by atoms with Crippen LogP contribution in [0.2, 0.25) is 0 Å². The summed E-state index contributed by atoms with van der Waals surface area (Å²) in [6.07, 6.45) is 3.36. The molecule has 0 aliphatic rings. The van der Waals surface area contributed by atoms with Crippen LogP contribution in [-0.4, -0.2) is 19.6 Å². The molecular formula is C9H17MnNO2. The molecule has 0 amide bonds. The van der Waals surface area contributed by atoms with Gasteiger partial charge in [-0.05, 0) is 0 Å². The Labute approximate surface area is 91.2 Å². The maximum absolute atomic E-state index is 9.36. The van der Waals surface area contributed by atoms with Gasteiger partial charge in [0.25, 0.3) is 0 Å². The van der Waals surface area contributed by atoms with Crippen molar-refractivity contribution in [1.29, 1.82) is 0 Å². The first-order valence-electron chi connectivity index (χ1n) is 3.76. The van der Waals surface area contributed by atoms with Crippen molar-refractivity contribution >= 4 is 6.47 Å². The molecule has 0 aromatic heterocycles. The SMILES string of the molecule is C[C-](C)C.NC/C=C/CO[C-]=O.[Mn+2]. The van der Waals surface area contributed by atoms with Crippen molar-refractivity contribution in [2.75, 3.05) is 13.2 Å². The first-order chi connectivity index (χ1) is 5.65. The molecule has 0 aromatic rings. The van der Waals surface area contributed by atoms with E-state index in [1.54, 1.807) is 12.2 Å². The number of carbonyl (C=O) groups excluding carboxylic acids is 1. The van der Waals surface area contributed by atoms with Gasteiger partial charge in [-0.1, -0.05) is 18.6 Å². The zero-order chi connectivity index (χ0) is 9.82. The van der Waals surface area contributed by atoms with Crippen molar-refractivity contribution in [2.24, 2.45) is 5.73 Å². The van der Waals surface area contributed by atoms with Crippen LogP contribution in [0.4, 0.5) is 0 Å². The van der Waals surface area contributed by atoms with Gasteiger partial charge in [0.1, 0.15) is 0 Å². The topological polar surface area (TPSA) is 52.3 Å². The molecule has 0 fully saturated rings. The second kappa shape index (κ2) is 17.7. The summed E-state index contributed by atoms with van der Waals surface area (Å²) < 4.78 is 4.19. The number of hydrogen-bond acceptors (Lipinski definition) is 3. The summed E-state index contributed by atoms with van der Waals surface area (Å²) in [5.74, 6) is 1.42.